The SMILES string of the molecule is O=C1c2ccccc2C(=O)c2cc(/C=C/c3ccc(-c4ccccc4)o3)ccc21. The maximum absolute atomic E-state index is 12.8. The van der Waals surface area contributed by atoms with Gasteiger partial charge in [-0.3, -0.25) is 9.59 Å². The fourth-order valence-electron chi connectivity index (χ4n) is 3.60. The van der Waals surface area contributed by atoms with Gasteiger partial charge in [-0.25, -0.2) is 0 Å². The van der Waals surface area contributed by atoms with Gasteiger partial charge in [-0.1, -0.05) is 66.7 Å². The lowest BCUT2D eigenvalue weighted by Crippen LogP contribution is -2.20. The van der Waals surface area contributed by atoms with Crippen molar-refractivity contribution in [3.8, 4) is 11.3 Å². The minimum Gasteiger partial charge on any atom is -0.457 e. The number of carbonyl (C=O) groups is 2. The standard InChI is InChI=1S/C26H16O3/c27-25-20-8-4-5-9-21(20)26(28)23-16-17(11-14-22(23)25)10-12-19-13-15-24(29-19)18-6-2-1-3-7-18/h1-16H/b12-10+. The molecule has 3 nitrogen and oxygen atoms in total. The number of hydrogen-bond donors (Lipinski definition) is 0. The second-order valence-corrected chi connectivity index (χ2v) is 6.91. The van der Waals surface area contributed by atoms with Crippen molar-refractivity contribution in [2.24, 2.45) is 0 Å². The summed E-state index contributed by atoms with van der Waals surface area (Å²) < 4.78 is 5.88. The van der Waals surface area contributed by atoms with Crippen LogP contribution in [0.5, 0.6) is 0 Å². The first-order chi connectivity index (χ1) is 14.2. The molecule has 0 aliphatic heterocycles. The van der Waals surface area contributed by atoms with Crippen LogP contribution < -0.4 is 0 Å². The lowest BCUT2D eigenvalue weighted by Gasteiger charge is -2.17. The third-order valence-corrected chi connectivity index (χ3v) is 5.07. The molecule has 29 heavy (non-hydrogen) atoms. The summed E-state index contributed by atoms with van der Waals surface area (Å²) in [5, 5.41) is 0. The van der Waals surface area contributed by atoms with Crippen molar-refractivity contribution >= 4 is 23.7 Å². The number of rotatable bonds is 3. The molecule has 0 N–H and O–H groups in total. The zero-order valence-electron chi connectivity index (χ0n) is 15.5. The van der Waals surface area contributed by atoms with Gasteiger partial charge in [-0.05, 0) is 35.9 Å². The quantitative estimate of drug-likeness (QED) is 0.394. The molecule has 0 unspecified atom stereocenters. The van der Waals surface area contributed by atoms with Crippen LogP contribution in [0.2, 0.25) is 0 Å². The second kappa shape index (κ2) is 6.88. The largest absolute Gasteiger partial charge is 0.457 e. The summed E-state index contributed by atoms with van der Waals surface area (Å²) in [4.78, 5) is 25.5. The fourth-order valence-corrected chi connectivity index (χ4v) is 3.60. The maximum Gasteiger partial charge on any atom is 0.194 e. The molecule has 5 rings (SSSR count). The summed E-state index contributed by atoms with van der Waals surface area (Å²) in [7, 11) is 0. The molecule has 0 atom stereocenters. The molecule has 4 aromatic rings. The van der Waals surface area contributed by atoms with E-state index in [4.69, 9.17) is 4.42 Å². The van der Waals surface area contributed by atoms with Gasteiger partial charge in [-0.2, -0.15) is 0 Å². The van der Waals surface area contributed by atoms with E-state index in [9.17, 15) is 9.59 Å². The maximum atomic E-state index is 12.8. The Morgan fingerprint density at radius 2 is 1.24 bits per heavy atom. The Hall–Kier alpha value is -3.98. The summed E-state index contributed by atoms with van der Waals surface area (Å²) >= 11 is 0. The normalized spacial score (nSPS) is 12.8. The molecule has 0 fully saturated rings. The topological polar surface area (TPSA) is 47.3 Å². The highest BCUT2D eigenvalue weighted by Gasteiger charge is 2.29. The highest BCUT2D eigenvalue weighted by molar-refractivity contribution is 6.28. The average molecular weight is 376 g/mol. The van der Waals surface area contributed by atoms with Gasteiger partial charge in [0.05, 0.1) is 0 Å². The number of carbonyl (C=O) groups excluding carboxylic acids is 2. The van der Waals surface area contributed by atoms with Gasteiger partial charge in [0.2, 0.25) is 0 Å². The highest BCUT2D eigenvalue weighted by Crippen LogP contribution is 2.28. The number of hydrogen-bond acceptors (Lipinski definition) is 3. The van der Waals surface area contributed by atoms with E-state index in [1.807, 2.05) is 60.7 Å². The van der Waals surface area contributed by atoms with Gasteiger partial charge in [0, 0.05) is 27.8 Å². The Morgan fingerprint density at radius 1 is 0.586 bits per heavy atom. The molecule has 3 heteroatoms. The molecular weight excluding hydrogens is 360 g/mol. The van der Waals surface area contributed by atoms with Gasteiger partial charge < -0.3 is 4.42 Å². The lowest BCUT2D eigenvalue weighted by atomic mass is 9.83. The third-order valence-electron chi connectivity index (χ3n) is 5.07. The monoisotopic (exact) mass is 376 g/mol. The van der Waals surface area contributed by atoms with E-state index in [2.05, 4.69) is 0 Å². The molecule has 1 heterocycles. The summed E-state index contributed by atoms with van der Waals surface area (Å²) in [6.45, 7) is 0. The summed E-state index contributed by atoms with van der Waals surface area (Å²) in [5.41, 5.74) is 3.68. The first kappa shape index (κ1) is 17.1. The van der Waals surface area contributed by atoms with Gasteiger partial charge in [0.25, 0.3) is 0 Å². The molecule has 0 amide bonds. The smallest absolute Gasteiger partial charge is 0.194 e. The molecule has 138 valence electrons. The molecule has 0 saturated heterocycles. The molecule has 0 spiro atoms. The second-order valence-electron chi connectivity index (χ2n) is 6.91. The van der Waals surface area contributed by atoms with Gasteiger partial charge in [-0.15, -0.1) is 0 Å². The van der Waals surface area contributed by atoms with Crippen LogP contribution in [-0.2, 0) is 0 Å². The summed E-state index contributed by atoms with van der Waals surface area (Å²) in [6, 6.07) is 26.0. The van der Waals surface area contributed by atoms with Crippen LogP contribution in [0.1, 0.15) is 43.2 Å². The Labute approximate surface area is 167 Å². The molecule has 1 aliphatic rings. The van der Waals surface area contributed by atoms with Crippen LogP contribution in [-0.4, -0.2) is 11.6 Å². The lowest BCUT2D eigenvalue weighted by molar-refractivity contribution is 0.0979. The van der Waals surface area contributed by atoms with Crippen LogP contribution in [0, 0.1) is 0 Å². The van der Waals surface area contributed by atoms with Crippen LogP contribution in [0.15, 0.2) is 89.3 Å². The zero-order chi connectivity index (χ0) is 19.8. The molecule has 1 aliphatic carbocycles. The van der Waals surface area contributed by atoms with Gasteiger partial charge >= 0.3 is 0 Å². The number of furan rings is 1. The van der Waals surface area contributed by atoms with E-state index in [0.29, 0.717) is 28.0 Å². The highest BCUT2D eigenvalue weighted by atomic mass is 16.3. The van der Waals surface area contributed by atoms with Gasteiger partial charge in [0.15, 0.2) is 11.6 Å². The van der Waals surface area contributed by atoms with Crippen LogP contribution >= 0.6 is 0 Å². The molecular formula is C26H16O3. The van der Waals surface area contributed by atoms with Crippen molar-refractivity contribution in [1.82, 2.24) is 0 Å². The van der Waals surface area contributed by atoms with E-state index in [1.54, 1.807) is 36.4 Å². The van der Waals surface area contributed by atoms with E-state index in [-0.39, 0.29) is 11.6 Å². The van der Waals surface area contributed by atoms with E-state index in [1.165, 1.54) is 0 Å². The average Bonchev–Trinajstić information content (AvgIpc) is 3.26. The first-order valence-electron chi connectivity index (χ1n) is 9.36. The van der Waals surface area contributed by atoms with Crippen molar-refractivity contribution in [1.29, 1.82) is 0 Å². The third kappa shape index (κ3) is 3.03. The number of fused-ring (bicyclic) bond motifs is 2. The van der Waals surface area contributed by atoms with Crippen LogP contribution in [0.25, 0.3) is 23.5 Å². The van der Waals surface area contributed by atoms with E-state index >= 15 is 0 Å². The first-order valence-corrected chi connectivity index (χ1v) is 9.36. The van der Waals surface area contributed by atoms with Crippen LogP contribution in [0.3, 0.4) is 0 Å². The predicted molar refractivity (Wildman–Crippen MR) is 113 cm³/mol. The predicted octanol–water partition coefficient (Wildman–Crippen LogP) is 5.89. The van der Waals surface area contributed by atoms with E-state index < -0.39 is 0 Å². The molecule has 0 bridgehead atoms. The molecule has 0 saturated carbocycles. The fraction of sp³-hybridized carbons (Fsp3) is 0. The Bertz CT molecular complexity index is 1280. The van der Waals surface area contributed by atoms with E-state index in [0.717, 1.165) is 16.9 Å². The number of ketones is 2. The van der Waals surface area contributed by atoms with Crippen LogP contribution in [0.4, 0.5) is 0 Å². The van der Waals surface area contributed by atoms with Gasteiger partial charge in [0.1, 0.15) is 11.5 Å². The summed E-state index contributed by atoms with van der Waals surface area (Å²) in [6.07, 6.45) is 3.74. The molecule has 0 radical (unpaired) electrons. The van der Waals surface area contributed by atoms with Crippen molar-refractivity contribution < 1.29 is 14.0 Å². The molecule has 1 aromatic heterocycles. The van der Waals surface area contributed by atoms with Crippen molar-refractivity contribution in [3.05, 3.63) is 119 Å². The number of benzene rings is 3. The minimum atomic E-state index is -0.116. The Kier molecular flexibility index (Phi) is 4.07. The van der Waals surface area contributed by atoms with Crippen molar-refractivity contribution in [2.45, 2.75) is 0 Å². The zero-order valence-corrected chi connectivity index (χ0v) is 15.5. The molecule has 3 aromatic carbocycles. The van der Waals surface area contributed by atoms with Crippen molar-refractivity contribution in [3.63, 3.8) is 0 Å². The Balaban J connectivity index is 1.45. The summed E-state index contributed by atoms with van der Waals surface area (Å²) in [5.74, 6) is 1.29. The van der Waals surface area contributed by atoms with Crippen molar-refractivity contribution in [2.75, 3.05) is 0 Å². The Morgan fingerprint density at radius 3 is 2.00 bits per heavy atom. The minimum absolute atomic E-state index is 0.107.